The van der Waals surface area contributed by atoms with Crippen molar-refractivity contribution < 1.29 is 19.2 Å². The van der Waals surface area contributed by atoms with E-state index >= 15 is 0 Å². The topological polar surface area (TPSA) is 98.8 Å². The molecule has 0 aromatic heterocycles. The molecule has 2 heterocycles. The van der Waals surface area contributed by atoms with Gasteiger partial charge in [0, 0.05) is 5.75 Å². The zero-order valence-electron chi connectivity index (χ0n) is 15.3. The zero-order valence-corrected chi connectivity index (χ0v) is 16.1. The third-order valence-electron chi connectivity index (χ3n) is 4.70. The molecule has 2 atom stereocenters. The second-order valence-corrected chi connectivity index (χ2v) is 7.57. The number of imide groups is 2. The summed E-state index contributed by atoms with van der Waals surface area (Å²) in [4.78, 5) is 51.7. The highest BCUT2D eigenvalue weighted by molar-refractivity contribution is 7.99. The van der Waals surface area contributed by atoms with Crippen molar-refractivity contribution in [2.75, 3.05) is 16.5 Å². The lowest BCUT2D eigenvalue weighted by atomic mass is 10.1. The number of thioether (sulfide) groups is 1. The number of para-hydroxylation sites is 1. The summed E-state index contributed by atoms with van der Waals surface area (Å²) in [5.74, 6) is -0.339. The smallest absolute Gasteiger partial charge is 0.325 e. The fraction of sp³-hybridized carbons (Fsp3) is 0.200. The van der Waals surface area contributed by atoms with E-state index in [1.54, 1.807) is 54.6 Å². The van der Waals surface area contributed by atoms with Crippen molar-refractivity contribution in [3.8, 4) is 0 Å². The van der Waals surface area contributed by atoms with Crippen LogP contribution in [0.4, 0.5) is 15.3 Å². The van der Waals surface area contributed by atoms with Crippen LogP contribution < -0.4 is 15.5 Å². The van der Waals surface area contributed by atoms with Crippen molar-refractivity contribution in [1.29, 1.82) is 0 Å². The number of carbonyl (C=O) groups is 4. The number of carbonyl (C=O) groups excluding carboxylic acids is 4. The number of amides is 6. The summed E-state index contributed by atoms with van der Waals surface area (Å²) in [6, 6.07) is 15.3. The van der Waals surface area contributed by atoms with Crippen molar-refractivity contribution in [3.63, 3.8) is 0 Å². The number of nitrogens with zero attached hydrogens (tertiary/aromatic N) is 2. The van der Waals surface area contributed by atoms with Crippen LogP contribution in [0.15, 0.2) is 60.7 Å². The minimum atomic E-state index is -0.710. The molecule has 0 spiro atoms. The van der Waals surface area contributed by atoms with Crippen LogP contribution in [-0.2, 0) is 9.59 Å². The fourth-order valence-electron chi connectivity index (χ4n) is 3.24. The lowest BCUT2D eigenvalue weighted by Gasteiger charge is -2.15. The van der Waals surface area contributed by atoms with E-state index in [0.29, 0.717) is 5.69 Å². The molecule has 0 radical (unpaired) electrons. The van der Waals surface area contributed by atoms with Crippen molar-refractivity contribution >= 4 is 41.3 Å². The Labute approximate surface area is 171 Å². The molecule has 29 heavy (non-hydrogen) atoms. The van der Waals surface area contributed by atoms with Crippen molar-refractivity contribution in [2.45, 2.75) is 12.1 Å². The van der Waals surface area contributed by atoms with Crippen molar-refractivity contribution in [1.82, 2.24) is 15.5 Å². The number of hydrogen-bond donors (Lipinski definition) is 2. The Balaban J connectivity index is 1.35. The molecule has 2 aromatic rings. The lowest BCUT2D eigenvalue weighted by Crippen LogP contribution is -2.35. The Kier molecular flexibility index (Phi) is 5.22. The summed E-state index contributed by atoms with van der Waals surface area (Å²) in [6.07, 6.45) is 0. The summed E-state index contributed by atoms with van der Waals surface area (Å²) >= 11 is 1.24. The molecule has 8 nitrogen and oxygen atoms in total. The molecule has 2 aliphatic heterocycles. The van der Waals surface area contributed by atoms with E-state index in [9.17, 15) is 19.2 Å². The fourth-order valence-corrected chi connectivity index (χ4v) is 4.23. The summed E-state index contributed by atoms with van der Waals surface area (Å²) in [5, 5.41) is 5.32. The predicted octanol–water partition coefficient (Wildman–Crippen LogP) is 2.10. The van der Waals surface area contributed by atoms with Crippen LogP contribution in [0, 0.1) is 0 Å². The summed E-state index contributed by atoms with van der Waals surface area (Å²) in [7, 11) is 0. The molecule has 0 saturated carbocycles. The second kappa shape index (κ2) is 7.96. The van der Waals surface area contributed by atoms with Crippen LogP contribution in [0.1, 0.15) is 11.6 Å². The van der Waals surface area contributed by atoms with Crippen LogP contribution in [0.2, 0.25) is 0 Å². The summed E-state index contributed by atoms with van der Waals surface area (Å²) in [5.41, 5.74) is 1.22. The highest BCUT2D eigenvalue weighted by Crippen LogP contribution is 2.25. The quantitative estimate of drug-likeness (QED) is 0.711. The highest BCUT2D eigenvalue weighted by atomic mass is 32.2. The maximum absolute atomic E-state index is 12.6. The van der Waals surface area contributed by atoms with Crippen molar-refractivity contribution in [3.05, 3.63) is 66.2 Å². The number of anilines is 1. The van der Waals surface area contributed by atoms with Gasteiger partial charge in [0.1, 0.15) is 12.1 Å². The highest BCUT2D eigenvalue weighted by Gasteiger charge is 2.41. The van der Waals surface area contributed by atoms with E-state index < -0.39 is 24.1 Å². The van der Waals surface area contributed by atoms with Gasteiger partial charge in [-0.15, -0.1) is 11.8 Å². The molecule has 0 aliphatic carbocycles. The first-order valence-electron chi connectivity index (χ1n) is 9.00. The Bertz CT molecular complexity index is 953. The molecular formula is C20H18N4O4S. The first kappa shape index (κ1) is 19.0. The largest absolute Gasteiger partial charge is 0.329 e. The molecule has 9 heteroatoms. The van der Waals surface area contributed by atoms with Gasteiger partial charge in [0.15, 0.2) is 0 Å². The Hall–Kier alpha value is -3.33. The first-order valence-corrected chi connectivity index (χ1v) is 10.2. The van der Waals surface area contributed by atoms with Gasteiger partial charge in [-0.1, -0.05) is 48.5 Å². The maximum Gasteiger partial charge on any atom is 0.329 e. The van der Waals surface area contributed by atoms with Crippen molar-refractivity contribution in [2.24, 2.45) is 0 Å². The minimum absolute atomic E-state index is 0.0962. The van der Waals surface area contributed by atoms with E-state index in [-0.39, 0.29) is 23.4 Å². The second-order valence-electron chi connectivity index (χ2n) is 6.57. The molecule has 2 unspecified atom stereocenters. The van der Waals surface area contributed by atoms with Crippen LogP contribution in [0.3, 0.4) is 0 Å². The van der Waals surface area contributed by atoms with Gasteiger partial charge >= 0.3 is 12.1 Å². The molecule has 2 fully saturated rings. The maximum atomic E-state index is 12.6. The van der Waals surface area contributed by atoms with Gasteiger partial charge in [-0.3, -0.25) is 14.5 Å². The van der Waals surface area contributed by atoms with Crippen LogP contribution in [-0.4, -0.2) is 46.4 Å². The van der Waals surface area contributed by atoms with Crippen LogP contribution >= 0.6 is 11.8 Å². The van der Waals surface area contributed by atoms with Gasteiger partial charge in [0.25, 0.3) is 11.8 Å². The average Bonchev–Trinajstić information content (AvgIpc) is 3.18. The number of urea groups is 2. The molecule has 2 N–H and O–H groups in total. The Morgan fingerprint density at radius 3 is 2.14 bits per heavy atom. The number of benzene rings is 2. The normalized spacial score (nSPS) is 21.5. The molecule has 6 amide bonds. The van der Waals surface area contributed by atoms with Gasteiger partial charge in [0.05, 0.1) is 11.6 Å². The van der Waals surface area contributed by atoms with Gasteiger partial charge < -0.3 is 10.6 Å². The number of hydrogen-bond acceptors (Lipinski definition) is 5. The van der Waals surface area contributed by atoms with Gasteiger partial charge in [0.2, 0.25) is 0 Å². The zero-order chi connectivity index (χ0) is 20.4. The van der Waals surface area contributed by atoms with Gasteiger partial charge in [-0.25, -0.2) is 14.5 Å². The van der Waals surface area contributed by atoms with Crippen LogP contribution in [0.25, 0.3) is 0 Å². The molecule has 148 valence electrons. The van der Waals surface area contributed by atoms with Gasteiger partial charge in [-0.05, 0) is 17.7 Å². The van der Waals surface area contributed by atoms with E-state index in [0.717, 1.165) is 15.4 Å². The van der Waals surface area contributed by atoms with Gasteiger partial charge in [-0.2, -0.15) is 0 Å². The summed E-state index contributed by atoms with van der Waals surface area (Å²) < 4.78 is 0. The number of rotatable bonds is 6. The van der Waals surface area contributed by atoms with E-state index in [4.69, 9.17) is 0 Å². The Morgan fingerprint density at radius 1 is 0.793 bits per heavy atom. The van der Waals surface area contributed by atoms with Crippen LogP contribution in [0.5, 0.6) is 0 Å². The minimum Gasteiger partial charge on any atom is -0.325 e. The Morgan fingerprint density at radius 2 is 1.45 bits per heavy atom. The molecule has 0 bridgehead atoms. The lowest BCUT2D eigenvalue weighted by molar-refractivity contribution is -0.126. The van der Waals surface area contributed by atoms with E-state index in [1.807, 2.05) is 6.07 Å². The SMILES string of the molecule is O=C1NC(c2ccccc2)C(=O)N1CSCC1NC(=O)N(c2ccccc2)C1=O. The van der Waals surface area contributed by atoms with E-state index in [1.165, 1.54) is 11.8 Å². The third-order valence-corrected chi connectivity index (χ3v) is 5.71. The molecular weight excluding hydrogens is 392 g/mol. The number of nitrogens with one attached hydrogen (secondary N) is 2. The molecule has 2 aliphatic rings. The standard InChI is InChI=1S/C20H18N4O4S/c25-17-15(21-20(28)24(17)14-9-5-2-6-10-14)11-29-12-23-18(26)16(22-19(23)27)13-7-3-1-4-8-13/h1-10,15-16H,11-12H2,(H,21,28)(H,22,27). The monoisotopic (exact) mass is 410 g/mol. The molecule has 2 aromatic carbocycles. The molecule has 2 saturated heterocycles. The van der Waals surface area contributed by atoms with E-state index in [2.05, 4.69) is 10.6 Å². The molecule has 4 rings (SSSR count). The average molecular weight is 410 g/mol. The summed E-state index contributed by atoms with van der Waals surface area (Å²) in [6.45, 7) is 0. The third kappa shape index (κ3) is 3.68. The first-order chi connectivity index (χ1) is 14.1. The predicted molar refractivity (Wildman–Crippen MR) is 108 cm³/mol.